The number of hydrogen-bond donors (Lipinski definition) is 2. The van der Waals surface area contributed by atoms with Gasteiger partial charge in [0.05, 0.1) is 6.10 Å². The first-order valence-electron chi connectivity index (χ1n) is 5.98. The molecule has 0 aromatic carbocycles. The first-order chi connectivity index (χ1) is 7.30. The second-order valence-corrected chi connectivity index (χ2v) is 6.29. The van der Waals surface area contributed by atoms with Gasteiger partial charge in [-0.1, -0.05) is 20.8 Å². The lowest BCUT2D eigenvalue weighted by molar-refractivity contribution is 0.0785. The number of aliphatic hydroxyl groups excluding tert-OH is 1. The molecule has 1 heterocycles. The van der Waals surface area contributed by atoms with Crippen LogP contribution in [0, 0.1) is 17.3 Å². The van der Waals surface area contributed by atoms with E-state index >= 15 is 0 Å². The van der Waals surface area contributed by atoms with E-state index in [1.54, 1.807) is 4.90 Å². The number of likely N-dealkylation sites (tertiary alicyclic amines) is 1. The highest BCUT2D eigenvalue weighted by atomic mass is 16.4. The molecule has 0 aromatic heterocycles. The third kappa shape index (κ3) is 1.79. The Bertz CT molecular complexity index is 297. The average Bonchev–Trinajstić information content (AvgIpc) is 2.56. The van der Waals surface area contributed by atoms with E-state index < -0.39 is 6.09 Å². The van der Waals surface area contributed by atoms with Crippen molar-refractivity contribution in [2.24, 2.45) is 17.3 Å². The molecule has 1 aliphatic heterocycles. The third-order valence-corrected chi connectivity index (χ3v) is 4.03. The molecule has 0 bridgehead atoms. The summed E-state index contributed by atoms with van der Waals surface area (Å²) in [4.78, 5) is 12.8. The fourth-order valence-corrected chi connectivity index (χ4v) is 3.63. The summed E-state index contributed by atoms with van der Waals surface area (Å²) in [5.74, 6) is 0.696. The van der Waals surface area contributed by atoms with E-state index in [4.69, 9.17) is 0 Å². The summed E-state index contributed by atoms with van der Waals surface area (Å²) in [5.41, 5.74) is -0.0537. The molecular weight excluding hydrogens is 206 g/mol. The van der Waals surface area contributed by atoms with Crippen LogP contribution in [0.15, 0.2) is 0 Å². The van der Waals surface area contributed by atoms with Crippen LogP contribution in [0.4, 0.5) is 4.79 Å². The van der Waals surface area contributed by atoms with Crippen molar-refractivity contribution >= 4 is 6.09 Å². The van der Waals surface area contributed by atoms with E-state index in [0.717, 1.165) is 12.8 Å². The third-order valence-electron chi connectivity index (χ3n) is 4.03. The predicted molar refractivity (Wildman–Crippen MR) is 60.2 cm³/mol. The molecule has 2 N–H and O–H groups in total. The van der Waals surface area contributed by atoms with Crippen LogP contribution in [0.5, 0.6) is 0 Å². The highest BCUT2D eigenvalue weighted by Gasteiger charge is 2.52. The summed E-state index contributed by atoms with van der Waals surface area (Å²) in [7, 11) is 0. The molecule has 4 nitrogen and oxygen atoms in total. The number of hydrogen-bond acceptors (Lipinski definition) is 2. The number of rotatable bonds is 0. The first-order valence-corrected chi connectivity index (χ1v) is 5.98. The molecule has 2 unspecified atom stereocenters. The molecule has 16 heavy (non-hydrogen) atoms. The van der Waals surface area contributed by atoms with Gasteiger partial charge in [0.1, 0.15) is 0 Å². The number of carboxylic acid groups (broad SMARTS) is 1. The number of nitrogens with zero attached hydrogens (tertiary/aromatic N) is 1. The number of aliphatic hydroxyl groups is 1. The molecule has 4 heteroatoms. The van der Waals surface area contributed by atoms with Crippen LogP contribution in [0.3, 0.4) is 0 Å². The van der Waals surface area contributed by atoms with Gasteiger partial charge in [-0.25, -0.2) is 4.79 Å². The zero-order chi connectivity index (χ0) is 12.1. The van der Waals surface area contributed by atoms with Crippen molar-refractivity contribution in [1.29, 1.82) is 0 Å². The maximum Gasteiger partial charge on any atom is 0.407 e. The Hall–Kier alpha value is -0.770. The van der Waals surface area contributed by atoms with Gasteiger partial charge >= 0.3 is 6.09 Å². The highest BCUT2D eigenvalue weighted by molar-refractivity contribution is 5.66. The number of amides is 1. The molecule has 92 valence electrons. The van der Waals surface area contributed by atoms with Crippen LogP contribution in [0.2, 0.25) is 0 Å². The molecule has 1 saturated heterocycles. The Kier molecular flexibility index (Phi) is 2.65. The Balaban J connectivity index is 2.25. The lowest BCUT2D eigenvalue weighted by Gasteiger charge is -2.36. The van der Waals surface area contributed by atoms with Gasteiger partial charge in [-0.15, -0.1) is 0 Å². The Labute approximate surface area is 96.3 Å². The standard InChI is InChI=1S/C12H21NO3/c1-12(2,3)10-9-5-8(14)4-7(9)6-13(10)11(15)16/h7-10,14H,4-6H2,1-3H3,(H,15,16)/t7-,8?,9-,10?/m0/s1. The first kappa shape index (κ1) is 11.7. The topological polar surface area (TPSA) is 60.8 Å². The smallest absolute Gasteiger partial charge is 0.407 e. The monoisotopic (exact) mass is 227 g/mol. The summed E-state index contributed by atoms with van der Waals surface area (Å²) in [5, 5.41) is 18.9. The van der Waals surface area contributed by atoms with Crippen molar-refractivity contribution in [3.05, 3.63) is 0 Å². The fraction of sp³-hybridized carbons (Fsp3) is 0.917. The zero-order valence-electron chi connectivity index (χ0n) is 10.2. The van der Waals surface area contributed by atoms with Gasteiger partial charge in [-0.3, -0.25) is 0 Å². The van der Waals surface area contributed by atoms with Gasteiger partial charge in [0.25, 0.3) is 0 Å². The Morgan fingerprint density at radius 1 is 1.31 bits per heavy atom. The summed E-state index contributed by atoms with van der Waals surface area (Å²) in [6, 6.07) is 0.0483. The minimum atomic E-state index is -0.816. The van der Waals surface area contributed by atoms with E-state index in [2.05, 4.69) is 20.8 Å². The summed E-state index contributed by atoms with van der Waals surface area (Å²) >= 11 is 0. The summed E-state index contributed by atoms with van der Waals surface area (Å²) in [6.07, 6.45) is 0.483. The van der Waals surface area contributed by atoms with Crippen molar-refractivity contribution < 1.29 is 15.0 Å². The van der Waals surface area contributed by atoms with Crippen molar-refractivity contribution in [3.63, 3.8) is 0 Å². The lowest BCUT2D eigenvalue weighted by atomic mass is 9.77. The van der Waals surface area contributed by atoms with Crippen molar-refractivity contribution in [3.8, 4) is 0 Å². The molecule has 2 fully saturated rings. The van der Waals surface area contributed by atoms with Crippen LogP contribution in [-0.2, 0) is 0 Å². The average molecular weight is 227 g/mol. The van der Waals surface area contributed by atoms with Gasteiger partial charge in [0.2, 0.25) is 0 Å². The van der Waals surface area contributed by atoms with E-state index in [-0.39, 0.29) is 17.6 Å². The van der Waals surface area contributed by atoms with Crippen molar-refractivity contribution in [2.45, 2.75) is 45.8 Å². The van der Waals surface area contributed by atoms with Gasteiger partial charge in [0, 0.05) is 12.6 Å². The normalized spacial score (nSPS) is 38.9. The summed E-state index contributed by atoms with van der Waals surface area (Å²) in [6.45, 7) is 6.85. The van der Waals surface area contributed by atoms with E-state index in [0.29, 0.717) is 18.4 Å². The number of carbonyl (C=O) groups is 1. The molecule has 4 atom stereocenters. The van der Waals surface area contributed by atoms with Crippen molar-refractivity contribution in [1.82, 2.24) is 4.90 Å². The van der Waals surface area contributed by atoms with Gasteiger partial charge in [-0.2, -0.15) is 0 Å². The molecule has 0 spiro atoms. The maximum atomic E-state index is 11.2. The van der Waals surface area contributed by atoms with Crippen molar-refractivity contribution in [2.75, 3.05) is 6.54 Å². The zero-order valence-corrected chi connectivity index (χ0v) is 10.2. The minimum Gasteiger partial charge on any atom is -0.465 e. The fourth-order valence-electron chi connectivity index (χ4n) is 3.63. The summed E-state index contributed by atoms with van der Waals surface area (Å²) < 4.78 is 0. The molecule has 1 saturated carbocycles. The van der Waals surface area contributed by atoms with Crippen LogP contribution in [0.1, 0.15) is 33.6 Å². The molecule has 0 aromatic rings. The van der Waals surface area contributed by atoms with E-state index in [9.17, 15) is 15.0 Å². The van der Waals surface area contributed by atoms with Gasteiger partial charge in [0.15, 0.2) is 0 Å². The second kappa shape index (κ2) is 3.62. The number of fused-ring (bicyclic) bond motifs is 1. The van der Waals surface area contributed by atoms with E-state index in [1.165, 1.54) is 0 Å². The molecule has 2 aliphatic rings. The SMILES string of the molecule is CC(C)(C)C1[C@H]2CC(O)C[C@H]2CN1C(=O)O. The second-order valence-electron chi connectivity index (χ2n) is 6.29. The highest BCUT2D eigenvalue weighted by Crippen LogP contribution is 2.47. The molecule has 1 amide bonds. The Morgan fingerprint density at radius 2 is 1.94 bits per heavy atom. The van der Waals surface area contributed by atoms with Gasteiger partial charge < -0.3 is 15.1 Å². The van der Waals surface area contributed by atoms with E-state index in [1.807, 2.05) is 0 Å². The molecular formula is C12H21NO3. The molecule has 2 rings (SSSR count). The quantitative estimate of drug-likeness (QED) is 0.663. The predicted octanol–water partition coefficient (Wildman–Crippen LogP) is 1.78. The molecule has 0 radical (unpaired) electrons. The minimum absolute atomic E-state index is 0.0483. The lowest BCUT2D eigenvalue weighted by Crippen LogP contribution is -2.45. The van der Waals surface area contributed by atoms with Crippen LogP contribution >= 0.6 is 0 Å². The van der Waals surface area contributed by atoms with Crippen LogP contribution < -0.4 is 0 Å². The van der Waals surface area contributed by atoms with Crippen LogP contribution in [-0.4, -0.2) is 39.9 Å². The Morgan fingerprint density at radius 3 is 2.44 bits per heavy atom. The largest absolute Gasteiger partial charge is 0.465 e. The van der Waals surface area contributed by atoms with Gasteiger partial charge in [-0.05, 0) is 30.1 Å². The maximum absolute atomic E-state index is 11.2. The molecule has 1 aliphatic carbocycles. The van der Waals surface area contributed by atoms with Crippen LogP contribution in [0.25, 0.3) is 0 Å².